The van der Waals surface area contributed by atoms with Gasteiger partial charge in [0, 0.05) is 0 Å². The molecule has 0 aromatic rings. The molecule has 0 aliphatic rings. The topological polar surface area (TPSA) is 17.1 Å². The Morgan fingerprint density at radius 3 is 1.67 bits per heavy atom. The quantitative estimate of drug-likeness (QED) is 0.432. The molecule has 0 bridgehead atoms. The monoisotopic (exact) mass is 258 g/mol. The molecule has 0 N–H and O–H groups in total. The van der Waals surface area contributed by atoms with Crippen molar-refractivity contribution in [3.63, 3.8) is 0 Å². The predicted molar refractivity (Wildman–Crippen MR) is 35.9 cm³/mol. The van der Waals surface area contributed by atoms with Crippen LogP contribution in [-0.4, -0.2) is 23.3 Å². The number of hydrogen-bond donors (Lipinski definition) is 0. The summed E-state index contributed by atoms with van der Waals surface area (Å²) >= 11 is 4.46. The van der Waals surface area contributed by atoms with Gasteiger partial charge >= 0.3 is 18.0 Å². The van der Waals surface area contributed by atoms with Gasteiger partial charge in [0.2, 0.25) is 5.24 Å². The first-order chi connectivity index (χ1) is 6.42. The van der Waals surface area contributed by atoms with Crippen molar-refractivity contribution in [1.29, 1.82) is 0 Å². The zero-order valence-corrected chi connectivity index (χ0v) is 7.34. The third-order valence-electron chi connectivity index (χ3n) is 1.20. The van der Waals surface area contributed by atoms with E-state index in [1.165, 1.54) is 0 Å². The lowest BCUT2D eigenvalue weighted by molar-refractivity contribution is -0.341. The van der Waals surface area contributed by atoms with Crippen molar-refractivity contribution < 1.29 is 35.5 Å². The molecule has 0 atom stereocenters. The highest BCUT2D eigenvalue weighted by Gasteiger charge is 2.71. The summed E-state index contributed by atoms with van der Waals surface area (Å²) in [5, 5.41) is -1.59. The highest BCUT2D eigenvalue weighted by Crippen LogP contribution is 2.47. The van der Waals surface area contributed by atoms with E-state index in [1.807, 2.05) is 0 Å². The highest BCUT2D eigenvalue weighted by atomic mass is 35.5. The minimum atomic E-state index is -6.42. The fourth-order valence-corrected chi connectivity index (χ4v) is 0.527. The Morgan fingerprint density at radius 2 is 1.40 bits per heavy atom. The molecule has 9 heteroatoms. The van der Waals surface area contributed by atoms with Crippen molar-refractivity contribution in [2.45, 2.75) is 18.0 Å². The first kappa shape index (κ1) is 14.2. The Bertz CT molecular complexity index is 280. The van der Waals surface area contributed by atoms with E-state index in [-0.39, 0.29) is 6.08 Å². The van der Waals surface area contributed by atoms with Crippen molar-refractivity contribution in [1.82, 2.24) is 0 Å². The minimum Gasteiger partial charge on any atom is -0.276 e. The Morgan fingerprint density at radius 1 is 1.00 bits per heavy atom. The van der Waals surface area contributed by atoms with Gasteiger partial charge in [-0.2, -0.15) is 30.7 Å². The molecule has 0 aromatic heterocycles. The molecular weight excluding hydrogens is 257 g/mol. The summed E-state index contributed by atoms with van der Waals surface area (Å²) in [5.74, 6) is -11.8. The van der Waals surface area contributed by atoms with Crippen LogP contribution in [0.3, 0.4) is 0 Å². The second-order valence-corrected chi connectivity index (χ2v) is 2.71. The van der Waals surface area contributed by atoms with Crippen LogP contribution in [0.4, 0.5) is 30.7 Å². The molecule has 0 spiro atoms. The smallest absolute Gasteiger partial charge is 0.276 e. The van der Waals surface area contributed by atoms with Crippen molar-refractivity contribution in [3.8, 4) is 0 Å². The Kier molecular flexibility index (Phi) is 3.78. The van der Waals surface area contributed by atoms with Gasteiger partial charge in [0.1, 0.15) is 0 Å². The summed E-state index contributed by atoms with van der Waals surface area (Å²) in [6.07, 6.45) is -7.59. The van der Waals surface area contributed by atoms with Crippen LogP contribution in [0.15, 0.2) is 12.2 Å². The Balaban J connectivity index is 5.10. The number of rotatable bonds is 3. The summed E-state index contributed by atoms with van der Waals surface area (Å²) in [5.41, 5.74) is 0. The van der Waals surface area contributed by atoms with Crippen LogP contribution in [0.1, 0.15) is 0 Å². The molecule has 0 fully saturated rings. The van der Waals surface area contributed by atoms with E-state index < -0.39 is 29.3 Å². The van der Waals surface area contributed by atoms with Crippen LogP contribution < -0.4 is 0 Å². The van der Waals surface area contributed by atoms with Crippen LogP contribution in [-0.2, 0) is 4.79 Å². The zero-order chi connectivity index (χ0) is 12.5. The summed E-state index contributed by atoms with van der Waals surface area (Å²) in [7, 11) is 0. The van der Waals surface area contributed by atoms with E-state index in [1.54, 1.807) is 0 Å². The third kappa shape index (κ3) is 3.08. The van der Waals surface area contributed by atoms with Crippen LogP contribution in [0, 0.1) is 0 Å². The lowest BCUT2D eigenvalue weighted by Gasteiger charge is -2.25. The summed E-state index contributed by atoms with van der Waals surface area (Å²) < 4.78 is 83.2. The molecule has 0 amide bonds. The van der Waals surface area contributed by atoms with Crippen molar-refractivity contribution in [2.75, 3.05) is 0 Å². The second-order valence-electron chi connectivity index (χ2n) is 2.33. The molecule has 0 radical (unpaired) electrons. The van der Waals surface area contributed by atoms with Crippen molar-refractivity contribution in [2.24, 2.45) is 0 Å². The maximum atomic E-state index is 12.3. The second kappa shape index (κ2) is 3.99. The first-order valence-corrected chi connectivity index (χ1v) is 3.50. The molecule has 15 heavy (non-hydrogen) atoms. The van der Waals surface area contributed by atoms with E-state index in [9.17, 15) is 35.5 Å². The Hall–Kier alpha value is -0.790. The summed E-state index contributed by atoms with van der Waals surface area (Å²) in [4.78, 5) is 9.89. The van der Waals surface area contributed by atoms with E-state index in [0.717, 1.165) is 0 Å². The number of halogens is 8. The number of allylic oxidation sites excluding steroid dienone is 2. The fourth-order valence-electron chi connectivity index (χ4n) is 0.464. The highest BCUT2D eigenvalue weighted by molar-refractivity contribution is 6.66. The molecule has 0 saturated heterocycles. The van der Waals surface area contributed by atoms with Crippen molar-refractivity contribution in [3.05, 3.63) is 12.2 Å². The van der Waals surface area contributed by atoms with E-state index in [2.05, 4.69) is 11.6 Å². The molecule has 0 rings (SSSR count). The summed E-state index contributed by atoms with van der Waals surface area (Å²) in [6, 6.07) is 0. The van der Waals surface area contributed by atoms with Crippen LogP contribution in [0.2, 0.25) is 0 Å². The SMILES string of the molecule is O=C(Cl)/C=C/C(F)(F)C(F)(F)C(F)(F)F. The molecule has 0 unspecified atom stereocenters. The molecule has 0 aliphatic carbocycles. The van der Waals surface area contributed by atoms with Crippen molar-refractivity contribution >= 4 is 16.8 Å². The Labute approximate surface area is 83.5 Å². The van der Waals surface area contributed by atoms with Gasteiger partial charge in [-0.05, 0) is 23.8 Å². The molecule has 0 aliphatic heterocycles. The van der Waals surface area contributed by atoms with Crippen LogP contribution >= 0.6 is 11.6 Å². The number of alkyl halides is 7. The van der Waals surface area contributed by atoms with Crippen LogP contribution in [0.25, 0.3) is 0 Å². The third-order valence-corrected chi connectivity index (χ3v) is 1.32. The molecule has 0 aromatic carbocycles. The average molecular weight is 259 g/mol. The van der Waals surface area contributed by atoms with Gasteiger partial charge in [0.25, 0.3) is 0 Å². The number of hydrogen-bond acceptors (Lipinski definition) is 1. The maximum Gasteiger partial charge on any atom is 0.460 e. The zero-order valence-electron chi connectivity index (χ0n) is 6.59. The van der Waals surface area contributed by atoms with E-state index in [0.29, 0.717) is 0 Å². The first-order valence-electron chi connectivity index (χ1n) is 3.13. The predicted octanol–water partition coefficient (Wildman–Crippen LogP) is 3.14. The maximum absolute atomic E-state index is 12.3. The molecule has 88 valence electrons. The van der Waals surface area contributed by atoms with E-state index >= 15 is 0 Å². The molecule has 0 saturated carbocycles. The minimum absolute atomic E-state index is 0.277. The van der Waals surface area contributed by atoms with Gasteiger partial charge in [-0.3, -0.25) is 4.79 Å². The molecular formula is C6H2ClF7O. The standard InChI is InChI=1S/C6H2ClF7O/c7-3(15)1-2-4(8,9)5(10,11)6(12,13)14/h1-2H/b2-1+. The lowest BCUT2D eigenvalue weighted by Crippen LogP contribution is -2.50. The lowest BCUT2D eigenvalue weighted by atomic mass is 10.1. The fraction of sp³-hybridized carbons (Fsp3) is 0.500. The van der Waals surface area contributed by atoms with Gasteiger partial charge in [0.15, 0.2) is 0 Å². The van der Waals surface area contributed by atoms with Gasteiger partial charge in [-0.15, -0.1) is 0 Å². The van der Waals surface area contributed by atoms with E-state index in [4.69, 9.17) is 0 Å². The summed E-state index contributed by atoms with van der Waals surface area (Å²) in [6.45, 7) is 0. The van der Waals surface area contributed by atoms with Crippen LogP contribution in [0.5, 0.6) is 0 Å². The largest absolute Gasteiger partial charge is 0.460 e. The van der Waals surface area contributed by atoms with Gasteiger partial charge in [-0.1, -0.05) is 0 Å². The number of carbonyl (C=O) groups is 1. The average Bonchev–Trinajstić information content (AvgIpc) is 1.98. The van der Waals surface area contributed by atoms with Gasteiger partial charge in [-0.25, -0.2) is 0 Å². The van der Waals surface area contributed by atoms with Gasteiger partial charge < -0.3 is 0 Å². The molecule has 0 heterocycles. The molecule has 1 nitrogen and oxygen atoms in total. The van der Waals surface area contributed by atoms with Gasteiger partial charge in [0.05, 0.1) is 0 Å². The number of carbonyl (C=O) groups excluding carboxylic acids is 1. The normalized spacial score (nSPS) is 14.7.